The smallest absolute Gasteiger partial charge is 0.416 e. The number of nitrogens with zero attached hydrogens (tertiary/aromatic N) is 3. The molecule has 1 saturated heterocycles. The van der Waals surface area contributed by atoms with Gasteiger partial charge in [-0.2, -0.15) is 4.98 Å². The number of carbonyl (C=O) groups excluding carboxylic acids is 1. The van der Waals surface area contributed by atoms with Crippen molar-refractivity contribution in [2.45, 2.75) is 40.0 Å². The van der Waals surface area contributed by atoms with E-state index in [1.54, 1.807) is 18.1 Å². The zero-order chi connectivity index (χ0) is 21.3. The number of pyridine rings is 2. The van der Waals surface area contributed by atoms with Gasteiger partial charge in [0.05, 0.1) is 12.8 Å². The number of piperidine rings is 1. The van der Waals surface area contributed by atoms with Gasteiger partial charge < -0.3 is 14.4 Å². The lowest BCUT2D eigenvalue weighted by Crippen LogP contribution is -2.37. The average Bonchev–Trinajstić information content (AvgIpc) is 2.73. The fourth-order valence-corrected chi connectivity index (χ4v) is 4.08. The standard InChI is InChI=1S/C24H27N3O3/c1-15-12-17(3)22(20(13-15)29-4)19-9-8-18-16(2)14-21(26-23(18)25-19)30-24(28)27-10-6-5-7-11-27/h8-9,12-14H,5-7,10-11H2,1-4H3. The van der Waals surface area contributed by atoms with Crippen LogP contribution in [0.3, 0.4) is 0 Å². The van der Waals surface area contributed by atoms with E-state index in [1.165, 1.54) is 0 Å². The van der Waals surface area contributed by atoms with E-state index in [-0.39, 0.29) is 12.0 Å². The highest BCUT2D eigenvalue weighted by molar-refractivity contribution is 5.84. The van der Waals surface area contributed by atoms with E-state index >= 15 is 0 Å². The third-order valence-electron chi connectivity index (χ3n) is 5.58. The van der Waals surface area contributed by atoms with Crippen LogP contribution in [0, 0.1) is 20.8 Å². The summed E-state index contributed by atoms with van der Waals surface area (Å²) >= 11 is 0. The Hall–Kier alpha value is -3.15. The van der Waals surface area contributed by atoms with Crippen molar-refractivity contribution in [3.8, 4) is 22.9 Å². The summed E-state index contributed by atoms with van der Waals surface area (Å²) in [6.07, 6.45) is 2.85. The molecule has 3 aromatic rings. The van der Waals surface area contributed by atoms with Gasteiger partial charge in [0.15, 0.2) is 5.65 Å². The molecule has 1 amide bonds. The van der Waals surface area contributed by atoms with E-state index in [2.05, 4.69) is 11.1 Å². The third kappa shape index (κ3) is 3.95. The molecule has 0 unspecified atom stereocenters. The summed E-state index contributed by atoms with van der Waals surface area (Å²) in [5.74, 6) is 1.07. The zero-order valence-electron chi connectivity index (χ0n) is 18.0. The second-order valence-electron chi connectivity index (χ2n) is 7.92. The first kappa shape index (κ1) is 20.1. The van der Waals surface area contributed by atoms with Gasteiger partial charge in [-0.05, 0) is 74.9 Å². The summed E-state index contributed by atoms with van der Waals surface area (Å²) in [6.45, 7) is 7.54. The van der Waals surface area contributed by atoms with Gasteiger partial charge in [0.1, 0.15) is 5.75 Å². The fraction of sp³-hybridized carbons (Fsp3) is 0.375. The van der Waals surface area contributed by atoms with E-state index in [1.807, 2.05) is 39.0 Å². The molecule has 0 radical (unpaired) electrons. The van der Waals surface area contributed by atoms with Crippen LogP contribution in [0.25, 0.3) is 22.3 Å². The van der Waals surface area contributed by atoms with Gasteiger partial charge in [-0.25, -0.2) is 9.78 Å². The quantitative estimate of drug-likeness (QED) is 0.598. The number of methoxy groups -OCH3 is 1. The second-order valence-corrected chi connectivity index (χ2v) is 7.92. The van der Waals surface area contributed by atoms with E-state index in [0.29, 0.717) is 5.65 Å². The minimum Gasteiger partial charge on any atom is -0.496 e. The number of aromatic nitrogens is 2. The normalized spacial score (nSPS) is 14.1. The molecule has 156 valence electrons. The summed E-state index contributed by atoms with van der Waals surface area (Å²) in [7, 11) is 1.67. The first-order valence-electron chi connectivity index (χ1n) is 10.4. The van der Waals surface area contributed by atoms with Gasteiger partial charge in [0.25, 0.3) is 0 Å². The van der Waals surface area contributed by atoms with Crippen molar-refractivity contribution in [1.82, 2.24) is 14.9 Å². The lowest BCUT2D eigenvalue weighted by atomic mass is 10.0. The lowest BCUT2D eigenvalue weighted by Gasteiger charge is -2.25. The molecule has 0 atom stereocenters. The number of benzene rings is 1. The summed E-state index contributed by atoms with van der Waals surface area (Å²) in [4.78, 5) is 23.6. The molecular formula is C24H27N3O3. The van der Waals surface area contributed by atoms with Gasteiger partial charge in [-0.3, -0.25) is 0 Å². The van der Waals surface area contributed by atoms with Crippen molar-refractivity contribution < 1.29 is 14.3 Å². The highest BCUT2D eigenvalue weighted by atomic mass is 16.6. The molecule has 0 N–H and O–H groups in total. The number of hydrogen-bond acceptors (Lipinski definition) is 5. The van der Waals surface area contributed by atoms with Gasteiger partial charge in [0, 0.05) is 30.1 Å². The van der Waals surface area contributed by atoms with Crippen molar-refractivity contribution in [2.24, 2.45) is 0 Å². The van der Waals surface area contributed by atoms with Gasteiger partial charge in [0.2, 0.25) is 5.88 Å². The molecule has 4 rings (SSSR count). The number of hydrogen-bond donors (Lipinski definition) is 0. The lowest BCUT2D eigenvalue weighted by molar-refractivity contribution is 0.141. The molecule has 0 bridgehead atoms. The van der Waals surface area contributed by atoms with Crippen molar-refractivity contribution in [3.05, 3.63) is 47.0 Å². The molecule has 0 saturated carbocycles. The molecule has 1 aliphatic rings. The van der Waals surface area contributed by atoms with Gasteiger partial charge in [-0.15, -0.1) is 0 Å². The molecule has 6 nitrogen and oxygen atoms in total. The average molecular weight is 405 g/mol. The monoisotopic (exact) mass is 405 g/mol. The molecule has 1 aliphatic heterocycles. The molecule has 3 heterocycles. The Balaban J connectivity index is 1.71. The summed E-state index contributed by atoms with van der Waals surface area (Å²) in [5.41, 5.74) is 5.46. The van der Waals surface area contributed by atoms with Crippen LogP contribution in [0.15, 0.2) is 30.3 Å². The number of carbonyl (C=O) groups is 1. The van der Waals surface area contributed by atoms with E-state index in [4.69, 9.17) is 14.5 Å². The first-order chi connectivity index (χ1) is 14.5. The van der Waals surface area contributed by atoms with Crippen molar-refractivity contribution >= 4 is 17.1 Å². The van der Waals surface area contributed by atoms with Crippen LogP contribution in [0.4, 0.5) is 4.79 Å². The molecule has 30 heavy (non-hydrogen) atoms. The van der Waals surface area contributed by atoms with Crippen LogP contribution in [0.2, 0.25) is 0 Å². The molecule has 6 heteroatoms. The van der Waals surface area contributed by atoms with Gasteiger partial charge in [-0.1, -0.05) is 6.07 Å². The van der Waals surface area contributed by atoms with Crippen LogP contribution in [-0.2, 0) is 0 Å². The Morgan fingerprint density at radius 2 is 1.73 bits per heavy atom. The topological polar surface area (TPSA) is 64.6 Å². The van der Waals surface area contributed by atoms with Crippen LogP contribution in [0.5, 0.6) is 11.6 Å². The third-order valence-corrected chi connectivity index (χ3v) is 5.58. The Bertz CT molecular complexity index is 1100. The molecular weight excluding hydrogens is 378 g/mol. The number of amides is 1. The largest absolute Gasteiger partial charge is 0.496 e. The molecule has 0 spiro atoms. The summed E-state index contributed by atoms with van der Waals surface area (Å²) in [5, 5.41) is 0.931. The maximum absolute atomic E-state index is 12.5. The van der Waals surface area contributed by atoms with Crippen LogP contribution >= 0.6 is 0 Å². The summed E-state index contributed by atoms with van der Waals surface area (Å²) in [6, 6.07) is 9.90. The Kier molecular flexibility index (Phi) is 5.57. The van der Waals surface area contributed by atoms with Gasteiger partial charge >= 0.3 is 6.09 Å². The van der Waals surface area contributed by atoms with Crippen LogP contribution in [0.1, 0.15) is 36.0 Å². The molecule has 2 aromatic heterocycles. The maximum Gasteiger partial charge on any atom is 0.416 e. The van der Waals surface area contributed by atoms with E-state index in [0.717, 1.165) is 71.4 Å². The minimum absolute atomic E-state index is 0.285. The number of aryl methyl sites for hydroxylation is 3. The fourth-order valence-electron chi connectivity index (χ4n) is 4.08. The molecule has 1 fully saturated rings. The zero-order valence-corrected chi connectivity index (χ0v) is 18.0. The van der Waals surface area contributed by atoms with Crippen molar-refractivity contribution in [2.75, 3.05) is 20.2 Å². The number of likely N-dealkylation sites (tertiary alicyclic amines) is 1. The Morgan fingerprint density at radius 1 is 0.967 bits per heavy atom. The van der Waals surface area contributed by atoms with Crippen LogP contribution in [-0.4, -0.2) is 41.2 Å². The highest BCUT2D eigenvalue weighted by Crippen LogP contribution is 2.34. The number of ether oxygens (including phenoxy) is 2. The predicted octanol–water partition coefficient (Wildman–Crippen LogP) is 5.22. The second kappa shape index (κ2) is 8.30. The summed E-state index contributed by atoms with van der Waals surface area (Å²) < 4.78 is 11.2. The predicted molar refractivity (Wildman–Crippen MR) is 117 cm³/mol. The van der Waals surface area contributed by atoms with E-state index in [9.17, 15) is 4.79 Å². The van der Waals surface area contributed by atoms with Crippen LogP contribution < -0.4 is 9.47 Å². The number of fused-ring (bicyclic) bond motifs is 1. The van der Waals surface area contributed by atoms with E-state index < -0.39 is 0 Å². The van der Waals surface area contributed by atoms with Crippen molar-refractivity contribution in [3.63, 3.8) is 0 Å². The number of rotatable bonds is 3. The maximum atomic E-state index is 12.5. The Labute approximate surface area is 176 Å². The molecule has 0 aliphatic carbocycles. The van der Waals surface area contributed by atoms with Crippen molar-refractivity contribution in [1.29, 1.82) is 0 Å². The minimum atomic E-state index is -0.340. The molecule has 1 aromatic carbocycles. The first-order valence-corrected chi connectivity index (χ1v) is 10.4. The SMILES string of the molecule is COc1cc(C)cc(C)c1-c1ccc2c(C)cc(OC(=O)N3CCCCC3)nc2n1. The Morgan fingerprint density at radius 3 is 2.47 bits per heavy atom. The highest BCUT2D eigenvalue weighted by Gasteiger charge is 2.20.